The van der Waals surface area contributed by atoms with Crippen molar-refractivity contribution in [2.45, 2.75) is 35.7 Å². The van der Waals surface area contributed by atoms with Gasteiger partial charge in [-0.15, -0.1) is 0 Å². The smallest absolute Gasteiger partial charge is 0.211 e. The third kappa shape index (κ3) is 4.75. The SMILES string of the molecule is CCC(Br)CCNS(=O)(=O)c1ccccc1C(F)(F)F. The highest BCUT2D eigenvalue weighted by atomic mass is 79.9. The number of nitrogens with one attached hydrogen (secondary N) is 1. The zero-order valence-corrected chi connectivity index (χ0v) is 13.1. The molecule has 0 heterocycles. The molecule has 0 aliphatic carbocycles. The summed E-state index contributed by atoms with van der Waals surface area (Å²) >= 11 is 3.33. The Balaban J connectivity index is 2.94. The summed E-state index contributed by atoms with van der Waals surface area (Å²) in [5.41, 5.74) is -1.15. The fourth-order valence-corrected chi connectivity index (χ4v) is 3.07. The molecule has 0 amide bonds. The molecule has 0 aromatic heterocycles. The first-order valence-corrected chi connectivity index (χ1v) is 8.38. The fraction of sp³-hybridized carbons (Fsp3) is 0.500. The maximum atomic E-state index is 12.8. The second-order valence-electron chi connectivity index (χ2n) is 4.19. The van der Waals surface area contributed by atoms with E-state index < -0.39 is 26.7 Å². The van der Waals surface area contributed by atoms with E-state index in [1.807, 2.05) is 6.92 Å². The molecule has 0 saturated heterocycles. The molecule has 1 unspecified atom stereocenters. The number of sulfonamides is 1. The maximum absolute atomic E-state index is 12.8. The third-order valence-corrected chi connectivity index (χ3v) is 5.30. The van der Waals surface area contributed by atoms with Crippen LogP contribution in [0.4, 0.5) is 13.2 Å². The Morgan fingerprint density at radius 2 is 1.90 bits per heavy atom. The molecule has 0 fully saturated rings. The lowest BCUT2D eigenvalue weighted by molar-refractivity contribution is -0.139. The highest BCUT2D eigenvalue weighted by molar-refractivity contribution is 9.09. The van der Waals surface area contributed by atoms with Crippen LogP contribution >= 0.6 is 15.9 Å². The van der Waals surface area contributed by atoms with Crippen LogP contribution in [0.1, 0.15) is 25.3 Å². The van der Waals surface area contributed by atoms with E-state index in [0.29, 0.717) is 6.42 Å². The van der Waals surface area contributed by atoms with Gasteiger partial charge in [0.1, 0.15) is 0 Å². The van der Waals surface area contributed by atoms with Gasteiger partial charge in [-0.05, 0) is 25.0 Å². The molecule has 1 aromatic rings. The minimum Gasteiger partial charge on any atom is -0.211 e. The van der Waals surface area contributed by atoms with Crippen LogP contribution in [-0.2, 0) is 16.2 Å². The lowest BCUT2D eigenvalue weighted by atomic mass is 10.2. The van der Waals surface area contributed by atoms with Gasteiger partial charge < -0.3 is 0 Å². The summed E-state index contributed by atoms with van der Waals surface area (Å²) in [6, 6.07) is 4.14. The van der Waals surface area contributed by atoms with Crippen LogP contribution in [0.2, 0.25) is 0 Å². The molecule has 0 aliphatic rings. The first-order valence-electron chi connectivity index (χ1n) is 5.98. The Hall–Kier alpha value is -0.600. The maximum Gasteiger partial charge on any atom is 0.417 e. The Labute approximate surface area is 124 Å². The molecule has 0 bridgehead atoms. The number of benzene rings is 1. The van der Waals surface area contributed by atoms with Crippen LogP contribution in [0.5, 0.6) is 0 Å². The molecule has 0 radical (unpaired) electrons. The second-order valence-corrected chi connectivity index (χ2v) is 7.22. The van der Waals surface area contributed by atoms with Gasteiger partial charge in [0, 0.05) is 11.4 Å². The molecule has 8 heteroatoms. The van der Waals surface area contributed by atoms with Gasteiger partial charge in [-0.3, -0.25) is 0 Å². The molecule has 20 heavy (non-hydrogen) atoms. The minimum atomic E-state index is -4.70. The topological polar surface area (TPSA) is 46.2 Å². The minimum absolute atomic E-state index is 0.0816. The Kier molecular flexibility index (Phi) is 6.03. The molecule has 1 atom stereocenters. The number of alkyl halides is 4. The molecule has 3 nitrogen and oxygen atoms in total. The summed E-state index contributed by atoms with van der Waals surface area (Å²) < 4.78 is 64.4. The van der Waals surface area contributed by atoms with Crippen molar-refractivity contribution in [3.63, 3.8) is 0 Å². The van der Waals surface area contributed by atoms with Gasteiger partial charge in [0.25, 0.3) is 0 Å². The second kappa shape index (κ2) is 6.91. The van der Waals surface area contributed by atoms with Crippen LogP contribution in [0.25, 0.3) is 0 Å². The van der Waals surface area contributed by atoms with Gasteiger partial charge >= 0.3 is 6.18 Å². The van der Waals surface area contributed by atoms with Crippen LogP contribution in [0, 0.1) is 0 Å². The van der Waals surface area contributed by atoms with Crippen LogP contribution in [0.15, 0.2) is 29.2 Å². The molecule has 0 aliphatic heterocycles. The summed E-state index contributed by atoms with van der Waals surface area (Å²) in [5, 5.41) is 0. The van der Waals surface area contributed by atoms with E-state index in [1.165, 1.54) is 6.07 Å². The third-order valence-electron chi connectivity index (χ3n) is 2.67. The lowest BCUT2D eigenvalue weighted by Gasteiger charge is -2.14. The van der Waals surface area contributed by atoms with Crippen molar-refractivity contribution in [2.24, 2.45) is 0 Å². The average Bonchev–Trinajstić information content (AvgIpc) is 2.37. The highest BCUT2D eigenvalue weighted by Gasteiger charge is 2.36. The molecule has 1 aromatic carbocycles. The molecular formula is C12H15BrF3NO2S. The molecule has 0 saturated carbocycles. The van der Waals surface area contributed by atoms with Gasteiger partial charge in [0.15, 0.2) is 0 Å². The van der Waals surface area contributed by atoms with Crippen LogP contribution in [0.3, 0.4) is 0 Å². The monoisotopic (exact) mass is 373 g/mol. The van der Waals surface area contributed by atoms with E-state index in [-0.39, 0.29) is 11.4 Å². The summed E-state index contributed by atoms with van der Waals surface area (Å²) in [4.78, 5) is -0.613. The largest absolute Gasteiger partial charge is 0.417 e. The fourth-order valence-electron chi connectivity index (χ4n) is 1.57. The van der Waals surface area contributed by atoms with Crippen LogP contribution in [-0.4, -0.2) is 19.8 Å². The van der Waals surface area contributed by atoms with E-state index in [4.69, 9.17) is 0 Å². The van der Waals surface area contributed by atoms with Gasteiger partial charge in [-0.2, -0.15) is 13.2 Å². The first kappa shape index (κ1) is 17.5. The summed E-state index contributed by atoms with van der Waals surface area (Å²) in [5.74, 6) is 0. The number of rotatable bonds is 6. The highest BCUT2D eigenvalue weighted by Crippen LogP contribution is 2.33. The van der Waals surface area contributed by atoms with E-state index >= 15 is 0 Å². The summed E-state index contributed by atoms with van der Waals surface area (Å²) in [6.45, 7) is 2.01. The summed E-state index contributed by atoms with van der Waals surface area (Å²) in [7, 11) is -4.17. The predicted octanol–water partition coefficient (Wildman–Crippen LogP) is 3.55. The van der Waals surface area contributed by atoms with E-state index in [2.05, 4.69) is 20.7 Å². The number of hydrogen-bond acceptors (Lipinski definition) is 2. The van der Waals surface area contributed by atoms with Crippen LogP contribution < -0.4 is 4.72 Å². The quantitative estimate of drug-likeness (QED) is 0.775. The standard InChI is InChI=1S/C12H15BrF3NO2S/c1-2-9(13)7-8-17-20(18,19)11-6-4-3-5-10(11)12(14,15)16/h3-6,9,17H,2,7-8H2,1H3. The van der Waals surface area contributed by atoms with E-state index in [9.17, 15) is 21.6 Å². The van der Waals surface area contributed by atoms with Gasteiger partial charge in [0.2, 0.25) is 10.0 Å². The van der Waals surface area contributed by atoms with Crippen molar-refractivity contribution in [3.05, 3.63) is 29.8 Å². The Bertz CT molecular complexity index is 546. The molecule has 1 rings (SSSR count). The number of halogens is 4. The van der Waals surface area contributed by atoms with E-state index in [0.717, 1.165) is 24.6 Å². The van der Waals surface area contributed by atoms with E-state index in [1.54, 1.807) is 0 Å². The van der Waals surface area contributed by atoms with Crippen molar-refractivity contribution in [1.82, 2.24) is 4.72 Å². The van der Waals surface area contributed by atoms with Crippen molar-refractivity contribution in [1.29, 1.82) is 0 Å². The molecule has 0 spiro atoms. The molecule has 114 valence electrons. The summed E-state index contributed by atoms with van der Waals surface area (Å²) in [6.07, 6.45) is -3.39. The first-order chi connectivity index (χ1) is 9.18. The lowest BCUT2D eigenvalue weighted by Crippen LogP contribution is -2.28. The van der Waals surface area contributed by atoms with Gasteiger partial charge in [0.05, 0.1) is 10.5 Å². The van der Waals surface area contributed by atoms with Crippen molar-refractivity contribution >= 4 is 26.0 Å². The zero-order chi connectivity index (χ0) is 15.4. The van der Waals surface area contributed by atoms with Gasteiger partial charge in [-0.25, -0.2) is 13.1 Å². The Morgan fingerprint density at radius 1 is 1.30 bits per heavy atom. The van der Waals surface area contributed by atoms with Crippen molar-refractivity contribution < 1.29 is 21.6 Å². The average molecular weight is 374 g/mol. The van der Waals surface area contributed by atoms with Gasteiger partial charge in [-0.1, -0.05) is 35.0 Å². The Morgan fingerprint density at radius 3 is 2.45 bits per heavy atom. The zero-order valence-electron chi connectivity index (χ0n) is 10.7. The van der Waals surface area contributed by atoms with Crippen molar-refractivity contribution in [2.75, 3.05) is 6.54 Å². The normalized spacial score (nSPS) is 14.2. The number of hydrogen-bond donors (Lipinski definition) is 1. The van der Waals surface area contributed by atoms with Crippen molar-refractivity contribution in [3.8, 4) is 0 Å². The molecule has 1 N–H and O–H groups in total. The molecular weight excluding hydrogens is 359 g/mol. The predicted molar refractivity (Wildman–Crippen MR) is 74.3 cm³/mol.